The van der Waals surface area contributed by atoms with E-state index in [1.54, 1.807) is 0 Å². The van der Waals surface area contributed by atoms with E-state index in [9.17, 15) is 0 Å². The molecule has 5 rings (SSSR count). The summed E-state index contributed by atoms with van der Waals surface area (Å²) >= 11 is -1.89. The Balaban J connectivity index is 0.000000216. The molecule has 0 unspecified atom stereocenters. The van der Waals surface area contributed by atoms with Crippen molar-refractivity contribution in [3.05, 3.63) is 90.0 Å². The second kappa shape index (κ2) is 16.2. The van der Waals surface area contributed by atoms with E-state index in [1.165, 1.54) is 55.3 Å². The molecule has 2 fully saturated rings. The molecular formula is C41H56Cl2NORu-. The first-order valence-corrected chi connectivity index (χ1v) is 22.7. The van der Waals surface area contributed by atoms with Gasteiger partial charge in [-0.25, -0.2) is 6.54 Å². The Morgan fingerprint density at radius 1 is 0.804 bits per heavy atom. The summed E-state index contributed by atoms with van der Waals surface area (Å²) in [5.41, 5.74) is 8.20. The van der Waals surface area contributed by atoms with Gasteiger partial charge in [0.2, 0.25) is 0 Å². The zero-order chi connectivity index (χ0) is 33.6. The van der Waals surface area contributed by atoms with Crippen LogP contribution in [0.1, 0.15) is 129 Å². The number of halogens is 2. The Morgan fingerprint density at radius 2 is 1.39 bits per heavy atom. The predicted molar refractivity (Wildman–Crippen MR) is 199 cm³/mol. The van der Waals surface area contributed by atoms with Crippen LogP contribution in [0.4, 0.5) is 5.69 Å². The number of anilines is 1. The molecule has 254 valence electrons. The van der Waals surface area contributed by atoms with Gasteiger partial charge in [0, 0.05) is 11.2 Å². The number of para-hydroxylation sites is 2. The van der Waals surface area contributed by atoms with E-state index >= 15 is 0 Å². The van der Waals surface area contributed by atoms with E-state index in [2.05, 4.69) is 96.3 Å². The summed E-state index contributed by atoms with van der Waals surface area (Å²) in [5, 5.41) is 0. The van der Waals surface area contributed by atoms with E-state index in [0.29, 0.717) is 17.3 Å². The summed E-state index contributed by atoms with van der Waals surface area (Å²) in [6.45, 7) is 23.5. The quantitative estimate of drug-likeness (QED) is 0.168. The van der Waals surface area contributed by atoms with Crippen molar-refractivity contribution >= 4 is 29.7 Å². The maximum absolute atomic E-state index is 6.02. The van der Waals surface area contributed by atoms with E-state index in [1.807, 2.05) is 48.8 Å². The molecular weight excluding hydrogens is 694 g/mol. The molecule has 1 aliphatic carbocycles. The van der Waals surface area contributed by atoms with Gasteiger partial charge in [0.25, 0.3) is 0 Å². The molecule has 2 aliphatic rings. The Labute approximate surface area is 293 Å². The van der Waals surface area contributed by atoms with Crippen molar-refractivity contribution in [2.24, 2.45) is 11.3 Å². The van der Waals surface area contributed by atoms with Gasteiger partial charge in [0.15, 0.2) is 0 Å². The average Bonchev–Trinajstić information content (AvgIpc) is 3.27. The van der Waals surface area contributed by atoms with Crippen molar-refractivity contribution in [1.29, 1.82) is 0 Å². The minimum atomic E-state index is -1.89. The molecule has 3 aromatic carbocycles. The zero-order valence-electron chi connectivity index (χ0n) is 29.5. The third-order valence-electron chi connectivity index (χ3n) is 9.68. The normalized spacial score (nSPS) is 20.1. The summed E-state index contributed by atoms with van der Waals surface area (Å²) in [6.07, 6.45) is 8.49. The smallest absolute Gasteiger partial charge is 0.0145 e. The SMILES string of the molecule is CC(C)Oc1c([CH]=[Ru]([Cl])[Cl])cccc1-c1ccccc1.CC(C)c1cccc(C(C)C)c1N1[CH-][C@](C)(C2CCCCC2)CC1(C)C. The second-order valence-corrected chi connectivity index (χ2v) is 20.7. The van der Waals surface area contributed by atoms with E-state index in [-0.39, 0.29) is 11.6 Å². The molecule has 0 aromatic heterocycles. The summed E-state index contributed by atoms with van der Waals surface area (Å²) in [4.78, 5) is 2.69. The van der Waals surface area contributed by atoms with Crippen LogP contribution in [-0.2, 0) is 13.5 Å². The molecule has 1 saturated carbocycles. The van der Waals surface area contributed by atoms with Crippen molar-refractivity contribution in [2.75, 3.05) is 4.90 Å². The number of nitrogens with zero attached hydrogens (tertiary/aromatic N) is 1. The Hall–Kier alpha value is -1.67. The van der Waals surface area contributed by atoms with Crippen molar-refractivity contribution in [3.63, 3.8) is 0 Å². The molecule has 0 amide bonds. The number of benzene rings is 3. The number of rotatable bonds is 8. The molecule has 0 radical (unpaired) electrons. The topological polar surface area (TPSA) is 12.5 Å². The van der Waals surface area contributed by atoms with Gasteiger partial charge in [0.1, 0.15) is 0 Å². The summed E-state index contributed by atoms with van der Waals surface area (Å²) in [6, 6.07) is 23.2. The Morgan fingerprint density at radius 3 is 1.93 bits per heavy atom. The first-order valence-electron chi connectivity index (χ1n) is 17.2. The van der Waals surface area contributed by atoms with Crippen molar-refractivity contribution in [2.45, 2.75) is 124 Å². The van der Waals surface area contributed by atoms with Gasteiger partial charge >= 0.3 is 133 Å². The van der Waals surface area contributed by atoms with Crippen LogP contribution in [0.5, 0.6) is 5.75 Å². The average molecular weight is 751 g/mol. The van der Waals surface area contributed by atoms with Gasteiger partial charge in [-0.15, -0.1) is 5.41 Å². The fourth-order valence-electron chi connectivity index (χ4n) is 7.63. The molecule has 0 spiro atoms. The molecule has 0 N–H and O–H groups in total. The van der Waals surface area contributed by atoms with Gasteiger partial charge in [-0.3, -0.25) is 0 Å². The minimum absolute atomic E-state index is 0.0957. The first kappa shape index (κ1) is 37.2. The molecule has 1 aliphatic heterocycles. The van der Waals surface area contributed by atoms with Crippen LogP contribution in [0.25, 0.3) is 11.1 Å². The van der Waals surface area contributed by atoms with E-state index in [0.717, 1.165) is 28.4 Å². The third kappa shape index (κ3) is 9.06. The maximum atomic E-state index is 6.02. The fraction of sp³-hybridized carbons (Fsp3) is 0.512. The van der Waals surface area contributed by atoms with Crippen LogP contribution in [0, 0.1) is 17.9 Å². The van der Waals surface area contributed by atoms with Gasteiger partial charge in [-0.2, -0.15) is 0 Å². The number of hydrogen-bond donors (Lipinski definition) is 0. The molecule has 46 heavy (non-hydrogen) atoms. The standard InChI is InChI=1S/C25H40N.C16H16O.2ClH.Ru/c1-18(2)21-14-11-15-22(19(3)4)23(21)26-17-25(7,16-24(26,5)6)20-12-9-8-10-13-20;1-12(2)17-16-13(3)8-7-11-15(16)14-9-5-4-6-10-14;;;/h11,14-15,17-20H,8-10,12-13,16H2,1-7H3;3-12H,1-2H3;2*1H;/q-1;;;;+2/p-2/t25-;;;;/m1..../s1. The van der Waals surface area contributed by atoms with E-state index in [4.69, 9.17) is 24.1 Å². The molecule has 1 heterocycles. The van der Waals surface area contributed by atoms with Crippen molar-refractivity contribution in [1.82, 2.24) is 0 Å². The Bertz CT molecular complexity index is 1430. The number of ether oxygens (including phenoxy) is 1. The molecule has 0 bridgehead atoms. The summed E-state index contributed by atoms with van der Waals surface area (Å²) in [5.74, 6) is 2.81. The van der Waals surface area contributed by atoms with Gasteiger partial charge in [-0.1, -0.05) is 97.3 Å². The van der Waals surface area contributed by atoms with Gasteiger partial charge in [-0.05, 0) is 36.8 Å². The molecule has 1 saturated heterocycles. The monoisotopic (exact) mass is 750 g/mol. The van der Waals surface area contributed by atoms with Crippen LogP contribution < -0.4 is 9.64 Å². The first-order chi connectivity index (χ1) is 21.7. The maximum Gasteiger partial charge on any atom is 0.0145 e. The molecule has 5 heteroatoms. The summed E-state index contributed by atoms with van der Waals surface area (Å²) in [7, 11) is 12.0. The Kier molecular flexibility index (Phi) is 13.0. The zero-order valence-corrected chi connectivity index (χ0v) is 32.8. The minimum Gasteiger partial charge on any atom is -0.517 e. The molecule has 1 atom stereocenters. The molecule has 2 nitrogen and oxygen atoms in total. The summed E-state index contributed by atoms with van der Waals surface area (Å²) < 4.78 is 7.93. The third-order valence-corrected chi connectivity index (χ3v) is 11.5. The van der Waals surface area contributed by atoms with Gasteiger partial charge in [0.05, 0.1) is 0 Å². The molecule has 3 aromatic rings. The second-order valence-electron chi connectivity index (χ2n) is 15.0. The predicted octanol–water partition coefficient (Wildman–Crippen LogP) is 12.9. The van der Waals surface area contributed by atoms with Crippen LogP contribution in [0.2, 0.25) is 0 Å². The van der Waals surface area contributed by atoms with Crippen LogP contribution in [0.3, 0.4) is 0 Å². The largest absolute Gasteiger partial charge is 0.517 e. The van der Waals surface area contributed by atoms with Crippen LogP contribution in [-0.4, -0.2) is 16.3 Å². The van der Waals surface area contributed by atoms with Crippen molar-refractivity contribution in [3.8, 4) is 16.9 Å². The van der Waals surface area contributed by atoms with Crippen molar-refractivity contribution < 1.29 is 18.3 Å². The van der Waals surface area contributed by atoms with Crippen LogP contribution >= 0.6 is 19.4 Å². The van der Waals surface area contributed by atoms with Gasteiger partial charge < -0.3 is 4.90 Å². The fourth-order valence-corrected chi connectivity index (χ4v) is 9.42. The number of hydrogen-bond acceptors (Lipinski definition) is 2. The van der Waals surface area contributed by atoms with Crippen LogP contribution in [0.15, 0.2) is 66.7 Å². The van der Waals surface area contributed by atoms with E-state index < -0.39 is 13.5 Å².